The zero-order valence-electron chi connectivity index (χ0n) is 22.6. The standard InChI is InChI=1S/C30H42N4O3/c1-5-7-8-15-32-30(4,37)26-13-11-22(12-14-26)23-9-10-24-17-25(19-28(31)33-27(24)18-23)29(36)34(16-6-2)20-21(3)35/h9-14,17-18,21,32,35,37H,5-8,15-16,19-20H2,1-4H3,(H2,31,33)/t21-,30?/m1/s1. The Labute approximate surface area is 221 Å². The second-order valence-electron chi connectivity index (χ2n) is 10.1. The lowest BCUT2D eigenvalue weighted by molar-refractivity contribution is -0.128. The normalized spacial score (nSPS) is 15.6. The zero-order chi connectivity index (χ0) is 27.0. The van der Waals surface area contributed by atoms with Gasteiger partial charge in [-0.3, -0.25) is 10.1 Å². The molecule has 0 saturated heterocycles. The van der Waals surface area contributed by atoms with Crippen LogP contribution < -0.4 is 11.1 Å². The summed E-state index contributed by atoms with van der Waals surface area (Å²) in [4.78, 5) is 19.5. The number of unbranched alkanes of at least 4 members (excludes halogenated alkanes) is 2. The molecule has 37 heavy (non-hydrogen) atoms. The van der Waals surface area contributed by atoms with Gasteiger partial charge in [0.25, 0.3) is 0 Å². The molecule has 2 aromatic carbocycles. The van der Waals surface area contributed by atoms with Crippen molar-refractivity contribution in [1.82, 2.24) is 10.2 Å². The summed E-state index contributed by atoms with van der Waals surface area (Å²) in [5.74, 6) is 0.258. The van der Waals surface area contributed by atoms with E-state index in [2.05, 4.69) is 17.2 Å². The molecule has 0 aliphatic carbocycles. The van der Waals surface area contributed by atoms with Crippen molar-refractivity contribution in [3.63, 3.8) is 0 Å². The molecule has 0 bridgehead atoms. The molecule has 0 fully saturated rings. The Hall–Kier alpha value is -3.00. The molecule has 200 valence electrons. The van der Waals surface area contributed by atoms with Crippen LogP contribution in [0, 0.1) is 0 Å². The summed E-state index contributed by atoms with van der Waals surface area (Å²) in [5.41, 5.74) is 10.0. The van der Waals surface area contributed by atoms with Crippen molar-refractivity contribution in [2.24, 2.45) is 10.7 Å². The number of nitrogens with zero attached hydrogens (tertiary/aromatic N) is 2. The van der Waals surface area contributed by atoms with Crippen LogP contribution in [0.1, 0.15) is 70.9 Å². The molecule has 3 rings (SSSR count). The van der Waals surface area contributed by atoms with E-state index in [0.717, 1.165) is 54.5 Å². The molecule has 1 amide bonds. The van der Waals surface area contributed by atoms with Crippen molar-refractivity contribution in [3.05, 3.63) is 59.2 Å². The van der Waals surface area contributed by atoms with Gasteiger partial charge in [0.1, 0.15) is 11.6 Å². The van der Waals surface area contributed by atoms with Gasteiger partial charge in [-0.2, -0.15) is 0 Å². The number of rotatable bonds is 12. The molecule has 7 heteroatoms. The summed E-state index contributed by atoms with van der Waals surface area (Å²) in [7, 11) is 0. The van der Waals surface area contributed by atoms with Crippen LogP contribution in [0.2, 0.25) is 0 Å². The topological polar surface area (TPSA) is 111 Å². The predicted molar refractivity (Wildman–Crippen MR) is 151 cm³/mol. The van der Waals surface area contributed by atoms with Crippen LogP contribution in [0.15, 0.2) is 53.0 Å². The molecule has 1 aliphatic rings. The third-order valence-corrected chi connectivity index (χ3v) is 6.57. The average Bonchev–Trinajstić information content (AvgIpc) is 3.03. The van der Waals surface area contributed by atoms with Gasteiger partial charge >= 0.3 is 0 Å². The van der Waals surface area contributed by atoms with E-state index in [1.165, 1.54) is 0 Å². The smallest absolute Gasteiger partial charge is 0.250 e. The minimum Gasteiger partial charge on any atom is -0.392 e. The molecular weight excluding hydrogens is 464 g/mol. The lowest BCUT2D eigenvalue weighted by atomic mass is 9.97. The highest BCUT2D eigenvalue weighted by Gasteiger charge is 2.23. The van der Waals surface area contributed by atoms with Crippen LogP contribution in [0.25, 0.3) is 17.2 Å². The number of fused-ring (bicyclic) bond motifs is 1. The monoisotopic (exact) mass is 506 g/mol. The molecule has 5 N–H and O–H groups in total. The van der Waals surface area contributed by atoms with Crippen LogP contribution in [0.5, 0.6) is 0 Å². The number of carbonyl (C=O) groups is 1. The zero-order valence-corrected chi connectivity index (χ0v) is 22.6. The van der Waals surface area contributed by atoms with Gasteiger partial charge in [-0.05, 0) is 62.1 Å². The van der Waals surface area contributed by atoms with Crippen molar-refractivity contribution in [1.29, 1.82) is 0 Å². The first kappa shape index (κ1) is 28.6. The fourth-order valence-electron chi connectivity index (χ4n) is 4.57. The Morgan fingerprint density at radius 2 is 1.84 bits per heavy atom. The van der Waals surface area contributed by atoms with E-state index >= 15 is 0 Å². The van der Waals surface area contributed by atoms with Crippen LogP contribution in [0.4, 0.5) is 5.69 Å². The molecule has 0 aromatic heterocycles. The number of aliphatic hydroxyl groups excluding tert-OH is 1. The van der Waals surface area contributed by atoms with E-state index in [-0.39, 0.29) is 18.9 Å². The minimum atomic E-state index is -1.09. The van der Waals surface area contributed by atoms with Crippen molar-refractivity contribution in [2.45, 2.75) is 71.6 Å². The number of nitrogens with two attached hydrogens (primary N) is 1. The number of aliphatic hydroxyl groups is 2. The molecule has 2 atom stereocenters. The van der Waals surface area contributed by atoms with E-state index in [0.29, 0.717) is 23.6 Å². The Balaban J connectivity index is 1.83. The molecule has 0 saturated carbocycles. The minimum absolute atomic E-state index is 0.122. The fourth-order valence-corrected chi connectivity index (χ4v) is 4.57. The first-order valence-corrected chi connectivity index (χ1v) is 13.4. The number of amidine groups is 1. The summed E-state index contributed by atoms with van der Waals surface area (Å²) < 4.78 is 0. The lowest BCUT2D eigenvalue weighted by Crippen LogP contribution is -2.39. The Morgan fingerprint density at radius 1 is 1.14 bits per heavy atom. The van der Waals surface area contributed by atoms with Crippen LogP contribution in [-0.4, -0.2) is 52.6 Å². The number of benzene rings is 2. The van der Waals surface area contributed by atoms with E-state index < -0.39 is 11.8 Å². The highest BCUT2D eigenvalue weighted by Crippen LogP contribution is 2.33. The molecule has 0 spiro atoms. The maximum absolute atomic E-state index is 13.2. The third-order valence-electron chi connectivity index (χ3n) is 6.57. The van der Waals surface area contributed by atoms with Gasteiger partial charge in [0.15, 0.2) is 0 Å². The van der Waals surface area contributed by atoms with Gasteiger partial charge in [-0.15, -0.1) is 0 Å². The maximum atomic E-state index is 13.2. The number of hydrogen-bond acceptors (Lipinski definition) is 6. The van der Waals surface area contributed by atoms with Gasteiger partial charge in [0.2, 0.25) is 5.91 Å². The van der Waals surface area contributed by atoms with Gasteiger partial charge in [0, 0.05) is 30.6 Å². The van der Waals surface area contributed by atoms with Crippen LogP contribution >= 0.6 is 0 Å². The van der Waals surface area contributed by atoms with E-state index in [1.807, 2.05) is 55.5 Å². The third kappa shape index (κ3) is 7.74. The van der Waals surface area contributed by atoms with Crippen LogP contribution in [-0.2, 0) is 10.5 Å². The molecular formula is C30H42N4O3. The van der Waals surface area contributed by atoms with Crippen LogP contribution in [0.3, 0.4) is 0 Å². The van der Waals surface area contributed by atoms with Crippen molar-refractivity contribution in [3.8, 4) is 11.1 Å². The Bertz CT molecular complexity index is 1120. The summed E-state index contributed by atoms with van der Waals surface area (Å²) in [6.45, 7) is 9.25. The quantitative estimate of drug-likeness (QED) is 0.246. The number of aliphatic imine (C=N–C) groups is 1. The second-order valence-corrected chi connectivity index (χ2v) is 10.1. The predicted octanol–water partition coefficient (Wildman–Crippen LogP) is 4.69. The highest BCUT2D eigenvalue weighted by molar-refractivity contribution is 6.05. The molecule has 1 unspecified atom stereocenters. The first-order chi connectivity index (χ1) is 17.6. The molecule has 7 nitrogen and oxygen atoms in total. The highest BCUT2D eigenvalue weighted by atomic mass is 16.3. The average molecular weight is 507 g/mol. The van der Waals surface area contributed by atoms with Crippen molar-refractivity contribution >= 4 is 23.5 Å². The van der Waals surface area contributed by atoms with E-state index in [4.69, 9.17) is 5.73 Å². The summed E-state index contributed by atoms with van der Waals surface area (Å²) in [6, 6.07) is 13.8. The number of nitrogens with one attached hydrogen (secondary N) is 1. The first-order valence-electron chi connectivity index (χ1n) is 13.4. The largest absolute Gasteiger partial charge is 0.392 e. The summed E-state index contributed by atoms with van der Waals surface area (Å²) >= 11 is 0. The number of carbonyl (C=O) groups excluding carboxylic acids is 1. The maximum Gasteiger partial charge on any atom is 0.250 e. The van der Waals surface area contributed by atoms with Crippen molar-refractivity contribution in [2.75, 3.05) is 19.6 Å². The number of amides is 1. The van der Waals surface area contributed by atoms with Gasteiger partial charge in [-0.25, -0.2) is 4.99 Å². The van der Waals surface area contributed by atoms with E-state index in [1.54, 1.807) is 18.7 Å². The molecule has 1 aliphatic heterocycles. The Kier molecular flexibility index (Phi) is 10.0. The Morgan fingerprint density at radius 3 is 2.49 bits per heavy atom. The SMILES string of the molecule is CCCCCNC(C)(O)c1ccc(-c2ccc3c(c2)N=C(N)CC(C(=O)N(CCC)C[C@@H](C)O)=C3)cc1. The fraction of sp³-hybridized carbons (Fsp3) is 0.467. The molecule has 0 radical (unpaired) electrons. The summed E-state index contributed by atoms with van der Waals surface area (Å²) in [5, 5.41) is 23.9. The van der Waals surface area contributed by atoms with E-state index in [9.17, 15) is 15.0 Å². The molecule has 2 aromatic rings. The van der Waals surface area contributed by atoms with Gasteiger partial charge < -0.3 is 20.8 Å². The lowest BCUT2D eigenvalue weighted by Gasteiger charge is -2.25. The molecule has 1 heterocycles. The second kappa shape index (κ2) is 13.0. The van der Waals surface area contributed by atoms with Gasteiger partial charge in [0.05, 0.1) is 11.8 Å². The van der Waals surface area contributed by atoms with Gasteiger partial charge in [-0.1, -0.05) is 63.1 Å². The number of hydrogen-bond donors (Lipinski definition) is 4. The summed E-state index contributed by atoms with van der Waals surface area (Å²) in [6.07, 6.45) is 5.63. The van der Waals surface area contributed by atoms with Crippen molar-refractivity contribution < 1.29 is 15.0 Å².